The van der Waals surface area contributed by atoms with Crippen LogP contribution in [0.25, 0.3) is 0 Å². The van der Waals surface area contributed by atoms with Gasteiger partial charge in [-0.2, -0.15) is 0 Å². The monoisotopic (exact) mass is 252 g/mol. The lowest BCUT2D eigenvalue weighted by molar-refractivity contribution is -0.384. The van der Waals surface area contributed by atoms with E-state index in [1.165, 1.54) is 7.11 Å². The lowest BCUT2D eigenvalue weighted by atomic mass is 10.2. The molecule has 0 amide bonds. The van der Waals surface area contributed by atoms with Crippen molar-refractivity contribution in [2.45, 2.75) is 18.9 Å². The molecule has 2 N–H and O–H groups in total. The summed E-state index contributed by atoms with van der Waals surface area (Å²) in [5, 5.41) is 23.7. The third kappa shape index (κ3) is 2.70. The van der Waals surface area contributed by atoms with Crippen LogP contribution in [0.15, 0.2) is 18.2 Å². The van der Waals surface area contributed by atoms with Crippen molar-refractivity contribution in [2.75, 3.05) is 19.0 Å². The quantitative estimate of drug-likeness (QED) is 0.595. The molecule has 0 aliphatic heterocycles. The molecule has 1 aromatic rings. The molecule has 0 aromatic heterocycles. The molecule has 18 heavy (non-hydrogen) atoms. The van der Waals surface area contributed by atoms with Gasteiger partial charge >= 0.3 is 5.69 Å². The van der Waals surface area contributed by atoms with Crippen molar-refractivity contribution in [1.82, 2.24) is 0 Å². The molecule has 1 aliphatic carbocycles. The van der Waals surface area contributed by atoms with E-state index in [1.54, 1.807) is 18.2 Å². The van der Waals surface area contributed by atoms with Gasteiger partial charge in [0.15, 0.2) is 5.75 Å². The van der Waals surface area contributed by atoms with Gasteiger partial charge < -0.3 is 15.2 Å². The van der Waals surface area contributed by atoms with Crippen LogP contribution in [-0.4, -0.2) is 29.8 Å². The molecule has 0 bridgehead atoms. The Balaban J connectivity index is 2.12. The number of methoxy groups -OCH3 is 1. The molecule has 1 atom stereocenters. The number of aliphatic hydroxyl groups excluding tert-OH is 1. The standard InChI is InChI=1S/C12H16N2O4/c1-18-11-4-2-3-9(12(11)14(16)17)13-7-10(15)8-5-6-8/h2-4,8,10,13,15H,5-7H2,1H3. The average Bonchev–Trinajstić information content (AvgIpc) is 3.19. The van der Waals surface area contributed by atoms with Crippen molar-refractivity contribution in [3.63, 3.8) is 0 Å². The molecule has 0 saturated heterocycles. The van der Waals surface area contributed by atoms with E-state index in [-0.39, 0.29) is 11.4 Å². The highest BCUT2D eigenvalue weighted by molar-refractivity contribution is 5.68. The van der Waals surface area contributed by atoms with E-state index < -0.39 is 11.0 Å². The summed E-state index contributed by atoms with van der Waals surface area (Å²) in [6.45, 7) is 0.318. The summed E-state index contributed by atoms with van der Waals surface area (Å²) in [6, 6.07) is 4.83. The first-order chi connectivity index (χ1) is 8.63. The molecule has 0 heterocycles. The number of rotatable bonds is 6. The third-order valence-electron chi connectivity index (χ3n) is 3.07. The van der Waals surface area contributed by atoms with Gasteiger partial charge in [-0.15, -0.1) is 0 Å². The molecule has 98 valence electrons. The molecule has 6 heteroatoms. The molecular formula is C12H16N2O4. The highest BCUT2D eigenvalue weighted by atomic mass is 16.6. The van der Waals surface area contributed by atoms with Crippen LogP contribution in [0.1, 0.15) is 12.8 Å². The number of hydrogen-bond acceptors (Lipinski definition) is 5. The largest absolute Gasteiger partial charge is 0.490 e. The maximum Gasteiger partial charge on any atom is 0.333 e. The second-order valence-corrected chi connectivity index (χ2v) is 4.40. The van der Waals surface area contributed by atoms with Crippen LogP contribution in [0.4, 0.5) is 11.4 Å². The van der Waals surface area contributed by atoms with Gasteiger partial charge in [-0.3, -0.25) is 10.1 Å². The fraction of sp³-hybridized carbons (Fsp3) is 0.500. The van der Waals surface area contributed by atoms with Crippen molar-refractivity contribution in [2.24, 2.45) is 5.92 Å². The number of ether oxygens (including phenoxy) is 1. The first-order valence-electron chi connectivity index (χ1n) is 5.86. The number of para-hydroxylation sites is 1. The molecule has 1 unspecified atom stereocenters. The molecule has 1 aromatic carbocycles. The fourth-order valence-electron chi connectivity index (χ4n) is 1.88. The van der Waals surface area contributed by atoms with Crippen molar-refractivity contribution in [3.8, 4) is 5.75 Å². The smallest absolute Gasteiger partial charge is 0.333 e. The number of nitro groups is 1. The molecule has 1 saturated carbocycles. The minimum absolute atomic E-state index is 0.0944. The maximum atomic E-state index is 11.0. The van der Waals surface area contributed by atoms with Crippen LogP contribution in [0.3, 0.4) is 0 Å². The summed E-state index contributed by atoms with van der Waals surface area (Å²) in [4.78, 5) is 10.5. The Kier molecular flexibility index (Phi) is 3.66. The molecule has 0 radical (unpaired) electrons. The Morgan fingerprint density at radius 1 is 1.61 bits per heavy atom. The Morgan fingerprint density at radius 3 is 2.89 bits per heavy atom. The van der Waals surface area contributed by atoms with E-state index in [1.807, 2.05) is 0 Å². The number of nitrogens with zero attached hydrogens (tertiary/aromatic N) is 1. The Labute approximate surface area is 105 Å². The minimum Gasteiger partial charge on any atom is -0.490 e. The van der Waals surface area contributed by atoms with Gasteiger partial charge in [-0.1, -0.05) is 6.07 Å². The number of anilines is 1. The first kappa shape index (κ1) is 12.6. The summed E-state index contributed by atoms with van der Waals surface area (Å²) < 4.78 is 4.97. The van der Waals surface area contributed by atoms with E-state index in [0.717, 1.165) is 12.8 Å². The molecule has 1 fully saturated rings. The van der Waals surface area contributed by atoms with E-state index in [2.05, 4.69) is 5.32 Å². The van der Waals surface area contributed by atoms with Crippen LogP contribution in [-0.2, 0) is 0 Å². The van der Waals surface area contributed by atoms with E-state index in [9.17, 15) is 15.2 Å². The summed E-state index contributed by atoms with van der Waals surface area (Å²) in [7, 11) is 1.39. The molecular weight excluding hydrogens is 236 g/mol. The van der Waals surface area contributed by atoms with E-state index >= 15 is 0 Å². The second kappa shape index (κ2) is 5.22. The second-order valence-electron chi connectivity index (χ2n) is 4.40. The van der Waals surface area contributed by atoms with Gasteiger partial charge in [-0.25, -0.2) is 0 Å². The topological polar surface area (TPSA) is 84.6 Å². The van der Waals surface area contributed by atoms with Gasteiger partial charge in [0.25, 0.3) is 0 Å². The summed E-state index contributed by atoms with van der Waals surface area (Å²) in [6.07, 6.45) is 1.61. The SMILES string of the molecule is COc1cccc(NCC(O)C2CC2)c1[N+](=O)[O-]. The Hall–Kier alpha value is -1.82. The predicted molar refractivity (Wildman–Crippen MR) is 66.9 cm³/mol. The number of hydrogen-bond donors (Lipinski definition) is 2. The van der Waals surface area contributed by atoms with E-state index in [4.69, 9.17) is 4.74 Å². The summed E-state index contributed by atoms with van der Waals surface area (Å²) in [5.41, 5.74) is 0.280. The van der Waals surface area contributed by atoms with Crippen molar-refractivity contribution < 1.29 is 14.8 Å². The van der Waals surface area contributed by atoms with Crippen LogP contribution < -0.4 is 10.1 Å². The van der Waals surface area contributed by atoms with Gasteiger partial charge in [0, 0.05) is 6.54 Å². The van der Waals surface area contributed by atoms with Crippen LogP contribution in [0.2, 0.25) is 0 Å². The number of aliphatic hydroxyl groups is 1. The lowest BCUT2D eigenvalue weighted by Crippen LogP contribution is -2.21. The lowest BCUT2D eigenvalue weighted by Gasteiger charge is -2.13. The average molecular weight is 252 g/mol. The van der Waals surface area contributed by atoms with Crippen molar-refractivity contribution in [3.05, 3.63) is 28.3 Å². The van der Waals surface area contributed by atoms with Gasteiger partial charge in [0.05, 0.1) is 18.1 Å². The van der Waals surface area contributed by atoms with Crippen molar-refractivity contribution in [1.29, 1.82) is 0 Å². The Bertz CT molecular complexity index is 446. The molecule has 2 rings (SSSR count). The van der Waals surface area contributed by atoms with Gasteiger partial charge in [0.1, 0.15) is 5.69 Å². The molecule has 1 aliphatic rings. The first-order valence-corrected chi connectivity index (χ1v) is 5.86. The zero-order valence-corrected chi connectivity index (χ0v) is 10.1. The number of benzene rings is 1. The number of nitro benzene ring substituents is 1. The molecule has 0 spiro atoms. The molecule has 6 nitrogen and oxygen atoms in total. The third-order valence-corrected chi connectivity index (χ3v) is 3.07. The summed E-state index contributed by atoms with van der Waals surface area (Å²) in [5.74, 6) is 0.549. The zero-order chi connectivity index (χ0) is 13.1. The van der Waals surface area contributed by atoms with Gasteiger partial charge in [0.2, 0.25) is 0 Å². The summed E-state index contributed by atoms with van der Waals surface area (Å²) >= 11 is 0. The minimum atomic E-state index is -0.481. The highest BCUT2D eigenvalue weighted by Crippen LogP contribution is 2.36. The zero-order valence-electron chi connectivity index (χ0n) is 10.1. The van der Waals surface area contributed by atoms with Crippen molar-refractivity contribution >= 4 is 11.4 Å². The normalized spacial score (nSPS) is 16.1. The van der Waals surface area contributed by atoms with Crippen LogP contribution in [0, 0.1) is 16.0 Å². The van der Waals surface area contributed by atoms with Crippen LogP contribution >= 0.6 is 0 Å². The van der Waals surface area contributed by atoms with E-state index in [0.29, 0.717) is 18.2 Å². The fourth-order valence-corrected chi connectivity index (χ4v) is 1.88. The maximum absolute atomic E-state index is 11.0. The highest BCUT2D eigenvalue weighted by Gasteiger charge is 2.30. The van der Waals surface area contributed by atoms with Gasteiger partial charge in [-0.05, 0) is 30.9 Å². The predicted octanol–water partition coefficient (Wildman–Crippen LogP) is 1.79. The number of nitrogens with one attached hydrogen (secondary N) is 1. The van der Waals surface area contributed by atoms with Crippen LogP contribution in [0.5, 0.6) is 5.75 Å². The Morgan fingerprint density at radius 2 is 2.33 bits per heavy atom.